The number of fused-ring (bicyclic) bond motifs is 7. The van der Waals surface area contributed by atoms with Crippen molar-refractivity contribution in [2.45, 2.75) is 6.92 Å². The molecule has 188 valence electrons. The molecule has 0 spiro atoms. The highest BCUT2D eigenvalue weighted by Gasteiger charge is 2.20. The highest BCUT2D eigenvalue weighted by Crippen LogP contribution is 2.39. The van der Waals surface area contributed by atoms with Gasteiger partial charge in [0.25, 0.3) is 0 Å². The van der Waals surface area contributed by atoms with E-state index in [1.807, 2.05) is 25.1 Å². The minimum absolute atomic E-state index is 0.833. The van der Waals surface area contributed by atoms with Crippen LogP contribution in [0.2, 0.25) is 0 Å². The molecule has 3 heterocycles. The van der Waals surface area contributed by atoms with E-state index < -0.39 is 0 Å². The molecule has 8 rings (SSSR count). The molecular weight excluding hydrogens is 488 g/mol. The fraction of sp³-hybridized carbons (Fsp3) is 0.0270. The van der Waals surface area contributed by atoms with Crippen LogP contribution >= 0.6 is 0 Å². The third-order valence-electron chi connectivity index (χ3n) is 7.92. The third kappa shape index (κ3) is 3.02. The number of para-hydroxylation sites is 3. The molecule has 0 saturated carbocycles. The average molecular weight is 513 g/mol. The van der Waals surface area contributed by atoms with Gasteiger partial charge in [-0.1, -0.05) is 78.7 Å². The predicted molar refractivity (Wildman–Crippen MR) is 168 cm³/mol. The molecule has 0 fully saturated rings. The monoisotopic (exact) mass is 512 g/mol. The first-order valence-corrected chi connectivity index (χ1v) is 13.5. The predicted octanol–water partition coefficient (Wildman–Crippen LogP) is 9.64. The van der Waals surface area contributed by atoms with Crippen molar-refractivity contribution in [3.8, 4) is 23.7 Å². The molecule has 0 saturated heterocycles. The van der Waals surface area contributed by atoms with Crippen molar-refractivity contribution < 1.29 is 4.42 Å². The van der Waals surface area contributed by atoms with Crippen LogP contribution in [0.1, 0.15) is 18.2 Å². The molecule has 0 bridgehead atoms. The van der Waals surface area contributed by atoms with E-state index in [-0.39, 0.29) is 0 Å². The van der Waals surface area contributed by atoms with E-state index in [9.17, 15) is 0 Å². The van der Waals surface area contributed by atoms with Crippen molar-refractivity contribution in [2.75, 3.05) is 0 Å². The van der Waals surface area contributed by atoms with Crippen molar-refractivity contribution in [3.05, 3.63) is 127 Å². The summed E-state index contributed by atoms with van der Waals surface area (Å²) < 4.78 is 11.0. The van der Waals surface area contributed by atoms with Gasteiger partial charge in [0, 0.05) is 32.8 Å². The first-order valence-electron chi connectivity index (χ1n) is 13.5. The Labute approximate surface area is 231 Å². The second kappa shape index (κ2) is 8.53. The van der Waals surface area contributed by atoms with Crippen LogP contribution in [0.15, 0.2) is 120 Å². The number of furan rings is 1. The second-order valence-electron chi connectivity index (χ2n) is 10.1. The lowest BCUT2D eigenvalue weighted by Gasteiger charge is -2.11. The lowest BCUT2D eigenvalue weighted by atomic mass is 10.1. The Kier molecular flexibility index (Phi) is 4.80. The van der Waals surface area contributed by atoms with Gasteiger partial charge in [-0.25, -0.2) is 0 Å². The zero-order valence-corrected chi connectivity index (χ0v) is 21.9. The number of aromatic nitrogens is 2. The maximum atomic E-state index is 6.41. The van der Waals surface area contributed by atoms with E-state index in [1.165, 1.54) is 21.8 Å². The smallest absolute Gasteiger partial charge is 0.137 e. The van der Waals surface area contributed by atoms with Crippen molar-refractivity contribution in [1.29, 1.82) is 0 Å². The Hall–Kier alpha value is -5.46. The summed E-state index contributed by atoms with van der Waals surface area (Å²) in [6.07, 6.45) is 10.3. The number of allylic oxidation sites excluding steroid dienone is 1. The zero-order valence-electron chi connectivity index (χ0n) is 21.9. The molecule has 0 aliphatic heterocycles. The number of nitrogens with zero attached hydrogens (tertiary/aromatic N) is 2. The minimum Gasteiger partial charge on any atom is -0.456 e. The van der Waals surface area contributed by atoms with Crippen LogP contribution in [0.4, 0.5) is 0 Å². The number of hydrogen-bond donors (Lipinski definition) is 0. The van der Waals surface area contributed by atoms with E-state index in [1.54, 1.807) is 0 Å². The van der Waals surface area contributed by atoms with Crippen molar-refractivity contribution in [2.24, 2.45) is 0 Å². The molecule has 40 heavy (non-hydrogen) atoms. The molecule has 0 radical (unpaired) electrons. The summed E-state index contributed by atoms with van der Waals surface area (Å²) in [5, 5.41) is 5.71. The third-order valence-corrected chi connectivity index (χ3v) is 7.92. The molecule has 0 N–H and O–H groups in total. The summed E-state index contributed by atoms with van der Waals surface area (Å²) in [5.74, 6) is 2.99. The highest BCUT2D eigenvalue weighted by atomic mass is 16.3. The molecule has 5 aromatic carbocycles. The Balaban J connectivity index is 1.48. The van der Waals surface area contributed by atoms with E-state index in [0.717, 1.165) is 55.5 Å². The van der Waals surface area contributed by atoms with E-state index in [0.29, 0.717) is 0 Å². The van der Waals surface area contributed by atoms with Gasteiger partial charge in [-0.3, -0.25) is 0 Å². The Bertz CT molecular complexity index is 2300. The molecular formula is C37H24N2O. The van der Waals surface area contributed by atoms with Gasteiger partial charge in [0.05, 0.1) is 27.6 Å². The summed E-state index contributed by atoms with van der Waals surface area (Å²) >= 11 is 0. The lowest BCUT2D eigenvalue weighted by Crippen LogP contribution is -1.98. The van der Waals surface area contributed by atoms with Crippen LogP contribution in [0.25, 0.3) is 72.1 Å². The van der Waals surface area contributed by atoms with Crippen LogP contribution in [0.3, 0.4) is 0 Å². The van der Waals surface area contributed by atoms with Gasteiger partial charge in [0.2, 0.25) is 0 Å². The largest absolute Gasteiger partial charge is 0.456 e. The summed E-state index contributed by atoms with van der Waals surface area (Å²) in [6.45, 7) is 2.02. The topological polar surface area (TPSA) is 23.0 Å². The SMILES string of the molecule is C#Cc1c(/C=C\C)c2ccccc2n1-c1cccc2oc3ccc(-n4c5ccccc5c5ccccc54)cc3c12. The number of rotatable bonds is 3. The summed E-state index contributed by atoms with van der Waals surface area (Å²) in [5.41, 5.74) is 9.10. The molecule has 0 unspecified atom stereocenters. The van der Waals surface area contributed by atoms with Crippen LogP contribution in [-0.2, 0) is 0 Å². The molecule has 0 atom stereocenters. The van der Waals surface area contributed by atoms with Crippen LogP contribution in [0.5, 0.6) is 0 Å². The molecule has 3 aromatic heterocycles. The second-order valence-corrected chi connectivity index (χ2v) is 10.1. The number of hydrogen-bond acceptors (Lipinski definition) is 1. The van der Waals surface area contributed by atoms with Crippen molar-refractivity contribution in [3.63, 3.8) is 0 Å². The first-order chi connectivity index (χ1) is 19.8. The van der Waals surface area contributed by atoms with Crippen LogP contribution < -0.4 is 0 Å². The van der Waals surface area contributed by atoms with E-state index in [2.05, 4.69) is 118 Å². The van der Waals surface area contributed by atoms with Crippen molar-refractivity contribution in [1.82, 2.24) is 9.13 Å². The maximum absolute atomic E-state index is 6.41. The van der Waals surface area contributed by atoms with E-state index >= 15 is 0 Å². The standard InChI is InChI=1S/C37H24N2O/c1-3-12-25-26-13-7-10-18-33(26)39(30(25)4-2)34-19-11-20-36-37(34)29-23-24(21-22-35(29)40-36)38-31-16-8-5-14-27(31)28-15-6-9-17-32(28)38/h2-3,5-23H,1H3/b12-3-. The Morgan fingerprint density at radius 3 is 1.98 bits per heavy atom. The molecule has 0 aliphatic carbocycles. The van der Waals surface area contributed by atoms with E-state index in [4.69, 9.17) is 10.8 Å². The summed E-state index contributed by atoms with van der Waals surface area (Å²) in [4.78, 5) is 0. The quantitative estimate of drug-likeness (QED) is 0.216. The fourth-order valence-electron chi connectivity index (χ4n) is 6.31. The van der Waals surface area contributed by atoms with Crippen LogP contribution in [-0.4, -0.2) is 9.13 Å². The van der Waals surface area contributed by atoms with Gasteiger partial charge in [-0.15, -0.1) is 6.42 Å². The minimum atomic E-state index is 0.833. The van der Waals surface area contributed by atoms with Gasteiger partial charge in [-0.2, -0.15) is 0 Å². The fourth-order valence-corrected chi connectivity index (χ4v) is 6.31. The normalized spacial score (nSPS) is 12.0. The summed E-state index contributed by atoms with van der Waals surface area (Å²) in [7, 11) is 0. The lowest BCUT2D eigenvalue weighted by molar-refractivity contribution is 0.668. The highest BCUT2D eigenvalue weighted by molar-refractivity contribution is 6.13. The summed E-state index contributed by atoms with van der Waals surface area (Å²) in [6, 6.07) is 38.2. The molecule has 0 amide bonds. The Morgan fingerprint density at radius 2 is 1.30 bits per heavy atom. The van der Waals surface area contributed by atoms with Crippen LogP contribution in [0, 0.1) is 12.3 Å². The molecule has 0 aliphatic rings. The first kappa shape index (κ1) is 22.5. The maximum Gasteiger partial charge on any atom is 0.137 e. The zero-order chi connectivity index (χ0) is 26.8. The average Bonchev–Trinajstić information content (AvgIpc) is 3.64. The van der Waals surface area contributed by atoms with Gasteiger partial charge in [0.1, 0.15) is 16.9 Å². The van der Waals surface area contributed by atoms with Gasteiger partial charge in [-0.05, 0) is 55.5 Å². The van der Waals surface area contributed by atoms with Gasteiger partial charge >= 0.3 is 0 Å². The van der Waals surface area contributed by atoms with Crippen molar-refractivity contribution >= 4 is 60.7 Å². The number of benzene rings is 5. The molecule has 3 nitrogen and oxygen atoms in total. The molecule has 8 aromatic rings. The van der Waals surface area contributed by atoms with Gasteiger partial charge in [0.15, 0.2) is 0 Å². The Morgan fingerprint density at radius 1 is 0.650 bits per heavy atom. The van der Waals surface area contributed by atoms with Gasteiger partial charge < -0.3 is 13.6 Å². The number of terminal acetylenes is 1. The molecule has 3 heteroatoms.